The summed E-state index contributed by atoms with van der Waals surface area (Å²) in [7, 11) is 1.95. The van der Waals surface area contributed by atoms with Gasteiger partial charge in [0.1, 0.15) is 0 Å². The first-order chi connectivity index (χ1) is 10.2. The summed E-state index contributed by atoms with van der Waals surface area (Å²) in [5.41, 5.74) is 8.84. The molecule has 1 fully saturated rings. The monoisotopic (exact) mass is 285 g/mol. The van der Waals surface area contributed by atoms with E-state index in [0.29, 0.717) is 6.04 Å². The van der Waals surface area contributed by atoms with Crippen LogP contribution in [-0.4, -0.2) is 32.3 Å². The normalized spacial score (nSPS) is 22.3. The first-order valence-corrected chi connectivity index (χ1v) is 7.56. The van der Waals surface area contributed by atoms with Crippen molar-refractivity contribution < 1.29 is 0 Å². The van der Waals surface area contributed by atoms with Gasteiger partial charge in [0.05, 0.1) is 12.2 Å². The topological polar surface area (TPSA) is 60.0 Å². The molecule has 1 aliphatic rings. The number of aromatic nitrogens is 3. The van der Waals surface area contributed by atoms with Gasteiger partial charge in [0.25, 0.3) is 0 Å². The van der Waals surface area contributed by atoms with Gasteiger partial charge in [0.15, 0.2) is 0 Å². The third-order valence-electron chi connectivity index (χ3n) is 4.31. The summed E-state index contributed by atoms with van der Waals surface area (Å²) in [4.78, 5) is 6.65. The zero-order valence-electron chi connectivity index (χ0n) is 12.7. The Labute approximate surface area is 125 Å². The zero-order chi connectivity index (χ0) is 14.8. The molecule has 2 aromatic heterocycles. The maximum Gasteiger partial charge on any atom is 0.0538 e. The van der Waals surface area contributed by atoms with Gasteiger partial charge in [0, 0.05) is 43.3 Å². The Morgan fingerprint density at radius 3 is 2.71 bits per heavy atom. The molecule has 0 aromatic carbocycles. The van der Waals surface area contributed by atoms with Crippen molar-refractivity contribution in [3.05, 3.63) is 48.0 Å². The van der Waals surface area contributed by atoms with Crippen LogP contribution in [0.3, 0.4) is 0 Å². The lowest BCUT2D eigenvalue weighted by Crippen LogP contribution is -2.39. The Morgan fingerprint density at radius 2 is 2.10 bits per heavy atom. The first kappa shape index (κ1) is 14.2. The number of pyridine rings is 1. The average molecular weight is 285 g/mol. The molecule has 3 unspecified atom stereocenters. The van der Waals surface area contributed by atoms with Crippen LogP contribution in [0, 0.1) is 0 Å². The van der Waals surface area contributed by atoms with Crippen LogP contribution in [0.25, 0.3) is 0 Å². The Kier molecular flexibility index (Phi) is 4.03. The van der Waals surface area contributed by atoms with Crippen LogP contribution < -0.4 is 5.73 Å². The highest BCUT2D eigenvalue weighted by molar-refractivity contribution is 5.20. The lowest BCUT2D eigenvalue weighted by atomic mass is 9.99. The van der Waals surface area contributed by atoms with Crippen molar-refractivity contribution in [1.29, 1.82) is 0 Å². The number of aryl methyl sites for hydroxylation is 1. The van der Waals surface area contributed by atoms with Crippen molar-refractivity contribution in [3.8, 4) is 0 Å². The van der Waals surface area contributed by atoms with Crippen molar-refractivity contribution in [2.75, 3.05) is 6.54 Å². The van der Waals surface area contributed by atoms with Crippen LogP contribution in [-0.2, 0) is 7.05 Å². The number of likely N-dealkylation sites (tertiary alicyclic amines) is 1. The largest absolute Gasteiger partial charge is 0.326 e. The van der Waals surface area contributed by atoms with Crippen molar-refractivity contribution in [3.63, 3.8) is 0 Å². The predicted molar refractivity (Wildman–Crippen MR) is 82.5 cm³/mol. The summed E-state index contributed by atoms with van der Waals surface area (Å²) in [5.74, 6) is 0. The standard InChI is InChI=1S/C16H23N5/c1-12(17)16(14-10-19-20(2)11-14)21-9-3-4-15(21)13-5-7-18-8-6-13/h5-8,10-12,15-16H,3-4,9,17H2,1-2H3. The second kappa shape index (κ2) is 5.95. The van der Waals surface area contributed by atoms with Crippen LogP contribution in [0.4, 0.5) is 0 Å². The Balaban J connectivity index is 1.91. The smallest absolute Gasteiger partial charge is 0.0538 e. The minimum atomic E-state index is 0.0663. The SMILES string of the molecule is CC(N)C(c1cnn(C)c1)N1CCCC1c1ccncc1. The molecule has 2 N–H and O–H groups in total. The summed E-state index contributed by atoms with van der Waals surface area (Å²) in [5, 5.41) is 4.31. The molecule has 21 heavy (non-hydrogen) atoms. The fourth-order valence-electron chi connectivity index (χ4n) is 3.46. The van der Waals surface area contributed by atoms with Crippen molar-refractivity contribution in [2.45, 2.75) is 37.9 Å². The minimum absolute atomic E-state index is 0.0663. The molecular formula is C16H23N5. The molecule has 1 saturated heterocycles. The van der Waals surface area contributed by atoms with Crippen LogP contribution >= 0.6 is 0 Å². The summed E-state index contributed by atoms with van der Waals surface area (Å²) >= 11 is 0. The van der Waals surface area contributed by atoms with E-state index >= 15 is 0 Å². The van der Waals surface area contributed by atoms with Gasteiger partial charge in [-0.15, -0.1) is 0 Å². The van der Waals surface area contributed by atoms with E-state index in [1.165, 1.54) is 24.0 Å². The lowest BCUT2D eigenvalue weighted by Gasteiger charge is -2.35. The van der Waals surface area contributed by atoms with Gasteiger partial charge in [-0.2, -0.15) is 5.10 Å². The van der Waals surface area contributed by atoms with Gasteiger partial charge in [-0.3, -0.25) is 14.6 Å². The maximum atomic E-state index is 6.31. The highest BCUT2D eigenvalue weighted by atomic mass is 15.3. The maximum absolute atomic E-state index is 6.31. The van der Waals surface area contributed by atoms with E-state index in [1.807, 2.05) is 30.3 Å². The molecule has 5 heteroatoms. The van der Waals surface area contributed by atoms with Crippen LogP contribution in [0.15, 0.2) is 36.9 Å². The van der Waals surface area contributed by atoms with Gasteiger partial charge in [0.2, 0.25) is 0 Å². The quantitative estimate of drug-likeness (QED) is 0.934. The lowest BCUT2D eigenvalue weighted by molar-refractivity contribution is 0.161. The number of rotatable bonds is 4. The molecule has 2 aromatic rings. The molecule has 0 spiro atoms. The second-order valence-electron chi connectivity index (χ2n) is 5.93. The van der Waals surface area contributed by atoms with E-state index in [-0.39, 0.29) is 12.1 Å². The minimum Gasteiger partial charge on any atom is -0.326 e. The summed E-state index contributed by atoms with van der Waals surface area (Å²) < 4.78 is 1.85. The van der Waals surface area contributed by atoms with E-state index in [0.717, 1.165) is 6.54 Å². The van der Waals surface area contributed by atoms with Gasteiger partial charge in [-0.1, -0.05) is 0 Å². The van der Waals surface area contributed by atoms with Gasteiger partial charge in [-0.05, 0) is 44.0 Å². The molecular weight excluding hydrogens is 262 g/mol. The zero-order valence-corrected chi connectivity index (χ0v) is 12.7. The molecule has 0 saturated carbocycles. The molecule has 3 heterocycles. The average Bonchev–Trinajstić information content (AvgIpc) is 3.10. The molecule has 3 rings (SSSR count). The second-order valence-corrected chi connectivity index (χ2v) is 5.93. The van der Waals surface area contributed by atoms with E-state index in [2.05, 4.69) is 40.2 Å². The third kappa shape index (κ3) is 2.84. The van der Waals surface area contributed by atoms with Crippen LogP contribution in [0.5, 0.6) is 0 Å². The van der Waals surface area contributed by atoms with Crippen molar-refractivity contribution in [2.24, 2.45) is 12.8 Å². The number of nitrogens with two attached hydrogens (primary N) is 1. The number of hydrogen-bond acceptors (Lipinski definition) is 4. The van der Waals surface area contributed by atoms with Crippen LogP contribution in [0.1, 0.15) is 43.0 Å². The molecule has 0 aliphatic carbocycles. The highest BCUT2D eigenvalue weighted by Gasteiger charge is 2.34. The third-order valence-corrected chi connectivity index (χ3v) is 4.31. The highest BCUT2D eigenvalue weighted by Crippen LogP contribution is 2.39. The first-order valence-electron chi connectivity index (χ1n) is 7.56. The predicted octanol–water partition coefficient (Wildman–Crippen LogP) is 2.04. The molecule has 1 aliphatic heterocycles. The molecule has 0 amide bonds. The molecule has 5 nitrogen and oxygen atoms in total. The van der Waals surface area contributed by atoms with Crippen LogP contribution in [0.2, 0.25) is 0 Å². The summed E-state index contributed by atoms with van der Waals surface area (Å²) in [6.45, 7) is 3.16. The Bertz CT molecular complexity index is 577. The summed E-state index contributed by atoms with van der Waals surface area (Å²) in [6, 6.07) is 4.93. The van der Waals surface area contributed by atoms with E-state index < -0.39 is 0 Å². The van der Waals surface area contributed by atoms with Crippen molar-refractivity contribution >= 4 is 0 Å². The fourth-order valence-corrected chi connectivity index (χ4v) is 3.46. The Morgan fingerprint density at radius 1 is 1.33 bits per heavy atom. The number of nitrogens with zero attached hydrogens (tertiary/aromatic N) is 4. The molecule has 112 valence electrons. The molecule has 3 atom stereocenters. The fraction of sp³-hybridized carbons (Fsp3) is 0.500. The van der Waals surface area contributed by atoms with E-state index in [4.69, 9.17) is 5.73 Å². The van der Waals surface area contributed by atoms with Gasteiger partial charge in [-0.25, -0.2) is 0 Å². The Hall–Kier alpha value is -1.72. The van der Waals surface area contributed by atoms with E-state index in [1.54, 1.807) is 0 Å². The summed E-state index contributed by atoms with van der Waals surface area (Å²) in [6.07, 6.45) is 10.1. The van der Waals surface area contributed by atoms with Gasteiger partial charge >= 0.3 is 0 Å². The number of hydrogen-bond donors (Lipinski definition) is 1. The molecule has 0 radical (unpaired) electrons. The molecule has 0 bridgehead atoms. The van der Waals surface area contributed by atoms with Gasteiger partial charge < -0.3 is 5.73 Å². The van der Waals surface area contributed by atoms with Crippen molar-refractivity contribution in [1.82, 2.24) is 19.7 Å². The van der Waals surface area contributed by atoms with E-state index in [9.17, 15) is 0 Å².